The molecular weight excluding hydrogens is 452 g/mol. The number of carbonyl (C=O) groups excluding carboxylic acids is 1. The molecule has 1 aliphatic heterocycles. The number of ether oxygens (including phenoxy) is 2. The number of phenols is 1. The summed E-state index contributed by atoms with van der Waals surface area (Å²) in [5, 5.41) is 44.0. The van der Waals surface area contributed by atoms with Crippen LogP contribution in [0.5, 0.6) is 5.75 Å². The first-order valence-electron chi connectivity index (χ1n) is 10.2. The molecule has 0 spiro atoms. The number of aromatic nitrogens is 4. The molecule has 0 aliphatic carbocycles. The van der Waals surface area contributed by atoms with Gasteiger partial charge in [-0.05, 0) is 17.7 Å². The predicted molar refractivity (Wildman–Crippen MR) is 114 cm³/mol. The van der Waals surface area contributed by atoms with E-state index in [0.717, 1.165) is 5.56 Å². The van der Waals surface area contributed by atoms with E-state index in [1.165, 1.54) is 17.2 Å². The summed E-state index contributed by atoms with van der Waals surface area (Å²) in [6.45, 7) is -0.632. The highest BCUT2D eigenvalue weighted by molar-refractivity contribution is 5.82. The third-order valence-corrected chi connectivity index (χ3v) is 5.13. The van der Waals surface area contributed by atoms with Gasteiger partial charge in [0.15, 0.2) is 23.2 Å². The van der Waals surface area contributed by atoms with Crippen molar-refractivity contribution in [2.24, 2.45) is 0 Å². The zero-order valence-corrected chi connectivity index (χ0v) is 17.6. The minimum atomic E-state index is -1.39. The molecule has 0 saturated carbocycles. The topological polar surface area (TPSA) is 201 Å². The fourth-order valence-corrected chi connectivity index (χ4v) is 3.42. The number of alkyl carbamates (subject to hydrolysis) is 1. The highest BCUT2D eigenvalue weighted by atomic mass is 16.6. The Hall–Kier alpha value is -4.01. The number of aliphatic hydroxyl groups is 2. The molecular formula is C20H22N6O8. The number of hydrogen-bond acceptors (Lipinski definition) is 11. The SMILES string of the molecule is O=C(O)CNC(=O)OC[C@H]1O[C@@H](n2cnc3c(NCc4ccc(O)cc4)ncnc32)[C@@H](O)C1O. The third kappa shape index (κ3) is 4.98. The number of carboxylic acid groups (broad SMARTS) is 1. The van der Waals surface area contributed by atoms with E-state index in [9.17, 15) is 24.9 Å². The van der Waals surface area contributed by atoms with Gasteiger partial charge in [-0.2, -0.15) is 0 Å². The third-order valence-electron chi connectivity index (χ3n) is 5.13. The number of fused-ring (bicyclic) bond motifs is 1. The Morgan fingerprint density at radius 1 is 1.12 bits per heavy atom. The van der Waals surface area contributed by atoms with Crippen LogP contribution >= 0.6 is 0 Å². The molecule has 1 unspecified atom stereocenters. The Labute approximate surface area is 191 Å². The molecule has 2 aromatic heterocycles. The summed E-state index contributed by atoms with van der Waals surface area (Å²) in [4.78, 5) is 34.7. The van der Waals surface area contributed by atoms with Crippen molar-refractivity contribution in [2.45, 2.75) is 31.1 Å². The van der Waals surface area contributed by atoms with Crippen molar-refractivity contribution in [3.8, 4) is 5.75 Å². The number of nitrogens with zero attached hydrogens (tertiary/aromatic N) is 4. The van der Waals surface area contributed by atoms with E-state index >= 15 is 0 Å². The zero-order chi connectivity index (χ0) is 24.2. The van der Waals surface area contributed by atoms with Crippen molar-refractivity contribution < 1.29 is 39.5 Å². The molecule has 0 bridgehead atoms. The number of nitrogens with one attached hydrogen (secondary N) is 2. The standard InChI is InChI=1S/C20H22N6O8/c27-11-3-1-10(2-4-11)5-21-17-14-18(24-8-23-17)26(9-25-14)19-16(31)15(30)12(34-19)7-33-20(32)22-6-13(28)29/h1-4,8-9,12,15-16,19,27,30-31H,5-7H2,(H,22,32)(H,28,29)(H,21,23,24)/t12-,15?,16+,19-/m1/s1. The van der Waals surface area contributed by atoms with Gasteiger partial charge in [0.2, 0.25) is 0 Å². The number of hydrogen-bond donors (Lipinski definition) is 6. The average molecular weight is 474 g/mol. The number of amides is 1. The van der Waals surface area contributed by atoms with Gasteiger partial charge in [-0.3, -0.25) is 9.36 Å². The number of anilines is 1. The highest BCUT2D eigenvalue weighted by Gasteiger charge is 2.45. The Balaban J connectivity index is 1.44. The average Bonchev–Trinajstić information content (AvgIpc) is 3.37. The molecule has 14 nitrogen and oxygen atoms in total. The Kier molecular flexibility index (Phi) is 6.72. The summed E-state index contributed by atoms with van der Waals surface area (Å²) < 4.78 is 12.0. The minimum Gasteiger partial charge on any atom is -0.508 e. The summed E-state index contributed by atoms with van der Waals surface area (Å²) in [7, 11) is 0. The number of aromatic hydroxyl groups is 1. The Morgan fingerprint density at radius 2 is 1.88 bits per heavy atom. The van der Waals surface area contributed by atoms with E-state index < -0.39 is 49.8 Å². The fourth-order valence-electron chi connectivity index (χ4n) is 3.42. The van der Waals surface area contributed by atoms with Crippen LogP contribution in [0.15, 0.2) is 36.9 Å². The number of imidazole rings is 1. The molecule has 14 heteroatoms. The smallest absolute Gasteiger partial charge is 0.407 e. The number of aliphatic hydroxyl groups excluding tert-OH is 2. The van der Waals surface area contributed by atoms with Gasteiger partial charge in [-0.25, -0.2) is 19.7 Å². The second kappa shape index (κ2) is 9.86. The molecule has 3 aromatic rings. The zero-order valence-electron chi connectivity index (χ0n) is 17.6. The summed E-state index contributed by atoms with van der Waals surface area (Å²) in [6, 6.07) is 6.66. The van der Waals surface area contributed by atoms with Gasteiger partial charge in [0.25, 0.3) is 0 Å². The fraction of sp³-hybridized carbons (Fsp3) is 0.350. The van der Waals surface area contributed by atoms with Crippen LogP contribution in [0.4, 0.5) is 10.6 Å². The Bertz CT molecular complexity index is 1170. The monoisotopic (exact) mass is 474 g/mol. The van der Waals surface area contributed by atoms with Gasteiger partial charge in [-0.15, -0.1) is 0 Å². The Morgan fingerprint density at radius 3 is 2.62 bits per heavy atom. The first-order chi connectivity index (χ1) is 16.3. The lowest BCUT2D eigenvalue weighted by Crippen LogP contribution is -2.36. The molecule has 6 N–H and O–H groups in total. The van der Waals surface area contributed by atoms with Crippen LogP contribution in [0.1, 0.15) is 11.8 Å². The molecule has 34 heavy (non-hydrogen) atoms. The number of aliphatic carboxylic acids is 1. The minimum absolute atomic E-state index is 0.161. The van der Waals surface area contributed by atoms with E-state index in [4.69, 9.17) is 14.6 Å². The van der Waals surface area contributed by atoms with Crippen LogP contribution in [0, 0.1) is 0 Å². The summed E-state index contributed by atoms with van der Waals surface area (Å²) in [6.07, 6.45) is -3.21. The molecule has 1 amide bonds. The van der Waals surface area contributed by atoms with Gasteiger partial charge in [0.05, 0.1) is 6.33 Å². The van der Waals surface area contributed by atoms with E-state index in [2.05, 4.69) is 20.3 Å². The molecule has 1 saturated heterocycles. The highest BCUT2D eigenvalue weighted by Crippen LogP contribution is 2.32. The first kappa shape index (κ1) is 23.2. The lowest BCUT2D eigenvalue weighted by atomic mass is 10.1. The second-order valence-corrected chi connectivity index (χ2v) is 7.46. The lowest BCUT2D eigenvalue weighted by Gasteiger charge is -2.16. The van der Waals surface area contributed by atoms with Crippen LogP contribution in [-0.2, 0) is 20.8 Å². The molecule has 3 heterocycles. The van der Waals surface area contributed by atoms with Crippen LogP contribution < -0.4 is 10.6 Å². The number of benzene rings is 1. The van der Waals surface area contributed by atoms with Gasteiger partial charge in [0.1, 0.15) is 43.5 Å². The largest absolute Gasteiger partial charge is 0.508 e. The first-order valence-corrected chi connectivity index (χ1v) is 10.2. The summed E-state index contributed by atoms with van der Waals surface area (Å²) in [5.41, 5.74) is 1.64. The van der Waals surface area contributed by atoms with Crippen LogP contribution in [0.25, 0.3) is 11.2 Å². The quantitative estimate of drug-likeness (QED) is 0.246. The van der Waals surface area contributed by atoms with Gasteiger partial charge < -0.3 is 40.5 Å². The number of carboxylic acids is 1. The predicted octanol–water partition coefficient (Wildman–Crippen LogP) is -0.426. The van der Waals surface area contributed by atoms with Crippen molar-refractivity contribution in [1.82, 2.24) is 24.8 Å². The van der Waals surface area contributed by atoms with Crippen LogP contribution in [0.2, 0.25) is 0 Å². The molecule has 1 aliphatic rings. The van der Waals surface area contributed by atoms with E-state index in [1.807, 2.05) is 5.32 Å². The van der Waals surface area contributed by atoms with Crippen LogP contribution in [-0.4, -0.2) is 83.5 Å². The van der Waals surface area contributed by atoms with Gasteiger partial charge in [0, 0.05) is 6.54 Å². The maximum Gasteiger partial charge on any atom is 0.407 e. The molecule has 0 radical (unpaired) electrons. The van der Waals surface area contributed by atoms with E-state index in [-0.39, 0.29) is 5.75 Å². The molecule has 1 fully saturated rings. The van der Waals surface area contributed by atoms with Gasteiger partial charge in [-0.1, -0.05) is 12.1 Å². The summed E-state index contributed by atoms with van der Waals surface area (Å²) >= 11 is 0. The molecule has 1 aromatic carbocycles. The summed E-state index contributed by atoms with van der Waals surface area (Å²) in [5.74, 6) is -0.649. The van der Waals surface area contributed by atoms with E-state index in [0.29, 0.717) is 23.5 Å². The number of phenolic OH excluding ortho intramolecular Hbond substituents is 1. The van der Waals surface area contributed by atoms with Crippen LogP contribution in [0.3, 0.4) is 0 Å². The number of carbonyl (C=O) groups is 2. The van der Waals surface area contributed by atoms with Crippen molar-refractivity contribution in [2.75, 3.05) is 18.5 Å². The van der Waals surface area contributed by atoms with Crippen molar-refractivity contribution in [3.05, 3.63) is 42.5 Å². The normalized spacial score (nSPS) is 21.9. The number of rotatable bonds is 8. The maximum absolute atomic E-state index is 11.5. The molecule has 4 atom stereocenters. The van der Waals surface area contributed by atoms with Crippen molar-refractivity contribution in [1.29, 1.82) is 0 Å². The molecule has 4 rings (SSSR count). The second-order valence-electron chi connectivity index (χ2n) is 7.46. The van der Waals surface area contributed by atoms with Gasteiger partial charge >= 0.3 is 12.1 Å². The maximum atomic E-state index is 11.5. The molecule has 180 valence electrons. The lowest BCUT2D eigenvalue weighted by molar-refractivity contribution is -0.135. The van der Waals surface area contributed by atoms with E-state index in [1.54, 1.807) is 24.3 Å². The van der Waals surface area contributed by atoms with Crippen molar-refractivity contribution >= 4 is 29.0 Å². The van der Waals surface area contributed by atoms with Crippen molar-refractivity contribution in [3.63, 3.8) is 0 Å².